The van der Waals surface area contributed by atoms with Crippen molar-refractivity contribution in [2.75, 3.05) is 19.1 Å². The summed E-state index contributed by atoms with van der Waals surface area (Å²) in [5, 5.41) is 11.7. The van der Waals surface area contributed by atoms with Crippen molar-refractivity contribution in [3.8, 4) is 11.5 Å². The average Bonchev–Trinajstić information content (AvgIpc) is 3.41. The van der Waals surface area contributed by atoms with E-state index in [0.29, 0.717) is 33.3 Å². The Morgan fingerprint density at radius 2 is 1.78 bits per heavy atom. The predicted molar refractivity (Wildman–Crippen MR) is 143 cm³/mol. The third-order valence-corrected chi connectivity index (χ3v) is 7.63. The zero-order chi connectivity index (χ0) is 25.6. The highest BCUT2D eigenvalue weighted by Crippen LogP contribution is 2.45. The topological polar surface area (TPSA) is 89.0 Å². The van der Waals surface area contributed by atoms with Crippen LogP contribution in [0.25, 0.3) is 16.0 Å². The summed E-state index contributed by atoms with van der Waals surface area (Å²) in [7, 11) is 3.14. The average molecular weight is 565 g/mol. The number of aliphatic hydroxyl groups excluding tert-OH is 1. The van der Waals surface area contributed by atoms with Gasteiger partial charge in [0.05, 0.1) is 36.1 Å². The second-order valence-corrected chi connectivity index (χ2v) is 10.2. The van der Waals surface area contributed by atoms with Crippen LogP contribution in [-0.2, 0) is 9.59 Å². The van der Waals surface area contributed by atoms with E-state index < -0.39 is 17.7 Å². The number of thiazole rings is 1. The number of ketones is 1. The standard InChI is InChI=1S/C27H21BrN2O5S/c1-14-12-16(6-11-20(14)35-3)24(31)22-23(15-4-7-17(28)8-5-15)30(26(33)25(22)32)27-29-19-10-9-18(34-2)13-21(19)36-27/h4-13,23,31H,1-3H3. The van der Waals surface area contributed by atoms with Crippen LogP contribution in [0.4, 0.5) is 5.13 Å². The lowest BCUT2D eigenvalue weighted by Crippen LogP contribution is -2.29. The van der Waals surface area contributed by atoms with Crippen molar-refractivity contribution in [1.29, 1.82) is 0 Å². The van der Waals surface area contributed by atoms with E-state index in [1.165, 1.54) is 16.2 Å². The van der Waals surface area contributed by atoms with Crippen LogP contribution in [0.2, 0.25) is 0 Å². The van der Waals surface area contributed by atoms with Crippen molar-refractivity contribution in [2.45, 2.75) is 13.0 Å². The summed E-state index contributed by atoms with van der Waals surface area (Å²) in [5.41, 5.74) is 2.56. The monoisotopic (exact) mass is 564 g/mol. The molecule has 2 heterocycles. The molecule has 4 aromatic rings. The van der Waals surface area contributed by atoms with Gasteiger partial charge in [-0.25, -0.2) is 4.98 Å². The number of fused-ring (bicyclic) bond motifs is 1. The number of benzene rings is 3. The van der Waals surface area contributed by atoms with Crippen LogP contribution in [-0.4, -0.2) is 36.0 Å². The number of rotatable bonds is 5. The van der Waals surface area contributed by atoms with Gasteiger partial charge in [-0.05, 0) is 66.6 Å². The summed E-state index contributed by atoms with van der Waals surface area (Å²) in [6, 6.07) is 17.0. The van der Waals surface area contributed by atoms with E-state index in [1.807, 2.05) is 37.3 Å². The molecule has 0 spiro atoms. The molecule has 1 N–H and O–H groups in total. The number of ether oxygens (including phenoxy) is 2. The summed E-state index contributed by atoms with van der Waals surface area (Å²) < 4.78 is 12.3. The molecule has 7 nitrogen and oxygen atoms in total. The van der Waals surface area contributed by atoms with Gasteiger partial charge in [0, 0.05) is 10.0 Å². The SMILES string of the molecule is COc1ccc2nc(N3C(=O)C(=O)C(=C(O)c4ccc(OC)c(C)c4)C3c3ccc(Br)cc3)sc2c1. The highest BCUT2D eigenvalue weighted by atomic mass is 79.9. The second kappa shape index (κ2) is 9.40. The molecule has 1 saturated heterocycles. The molecule has 3 aromatic carbocycles. The zero-order valence-electron chi connectivity index (χ0n) is 19.6. The smallest absolute Gasteiger partial charge is 0.301 e. The van der Waals surface area contributed by atoms with Gasteiger partial charge in [0.25, 0.3) is 5.78 Å². The Labute approximate surface area is 219 Å². The Balaban J connectivity index is 1.71. The minimum atomic E-state index is -0.858. The van der Waals surface area contributed by atoms with Gasteiger partial charge in [-0.15, -0.1) is 0 Å². The minimum Gasteiger partial charge on any atom is -0.507 e. The van der Waals surface area contributed by atoms with E-state index in [2.05, 4.69) is 20.9 Å². The van der Waals surface area contributed by atoms with Crippen molar-refractivity contribution in [3.05, 3.63) is 87.4 Å². The van der Waals surface area contributed by atoms with Crippen LogP contribution >= 0.6 is 27.3 Å². The molecule has 1 aromatic heterocycles. The summed E-state index contributed by atoms with van der Waals surface area (Å²) in [4.78, 5) is 32.8. The van der Waals surface area contributed by atoms with Crippen LogP contribution in [0.3, 0.4) is 0 Å². The number of hydrogen-bond acceptors (Lipinski definition) is 7. The first-order chi connectivity index (χ1) is 17.3. The molecule has 1 amide bonds. The van der Waals surface area contributed by atoms with Crippen molar-refractivity contribution in [1.82, 2.24) is 4.98 Å². The van der Waals surface area contributed by atoms with Gasteiger partial charge in [-0.2, -0.15) is 0 Å². The quantitative estimate of drug-likeness (QED) is 0.181. The normalized spacial score (nSPS) is 17.1. The van der Waals surface area contributed by atoms with Crippen LogP contribution in [0.5, 0.6) is 11.5 Å². The largest absolute Gasteiger partial charge is 0.507 e. The van der Waals surface area contributed by atoms with Crippen LogP contribution in [0.1, 0.15) is 22.7 Å². The van der Waals surface area contributed by atoms with Crippen molar-refractivity contribution < 1.29 is 24.2 Å². The maximum atomic E-state index is 13.4. The minimum absolute atomic E-state index is 0.00345. The number of nitrogens with zero attached hydrogens (tertiary/aromatic N) is 2. The molecule has 1 atom stereocenters. The number of methoxy groups -OCH3 is 2. The fourth-order valence-electron chi connectivity index (χ4n) is 4.29. The van der Waals surface area contributed by atoms with Gasteiger partial charge in [0.15, 0.2) is 5.13 Å². The molecule has 182 valence electrons. The Morgan fingerprint density at radius 1 is 1.03 bits per heavy atom. The molecule has 1 aliphatic rings. The number of carbonyl (C=O) groups excluding carboxylic acids is 2. The van der Waals surface area contributed by atoms with Gasteiger partial charge in [0.2, 0.25) is 0 Å². The van der Waals surface area contributed by atoms with Gasteiger partial charge in [-0.3, -0.25) is 14.5 Å². The van der Waals surface area contributed by atoms with Crippen LogP contribution < -0.4 is 14.4 Å². The number of anilines is 1. The van der Waals surface area contributed by atoms with E-state index >= 15 is 0 Å². The molecule has 0 saturated carbocycles. The van der Waals surface area contributed by atoms with Gasteiger partial charge in [-0.1, -0.05) is 39.4 Å². The second-order valence-electron chi connectivity index (χ2n) is 8.24. The van der Waals surface area contributed by atoms with Crippen LogP contribution in [0.15, 0.2) is 70.7 Å². The number of Topliss-reactive ketones (excluding diaryl/α,β-unsaturated/α-hetero) is 1. The number of aliphatic hydroxyl groups is 1. The number of halogens is 1. The van der Waals surface area contributed by atoms with E-state index in [9.17, 15) is 14.7 Å². The molecule has 0 aliphatic carbocycles. The molecule has 36 heavy (non-hydrogen) atoms. The molecule has 0 bridgehead atoms. The first-order valence-electron chi connectivity index (χ1n) is 11.0. The molecule has 5 rings (SSSR count). The predicted octanol–water partition coefficient (Wildman–Crippen LogP) is 6.01. The molecule has 9 heteroatoms. The van der Waals surface area contributed by atoms with Gasteiger partial charge in [0.1, 0.15) is 17.3 Å². The fourth-order valence-corrected chi connectivity index (χ4v) is 5.58. The Kier molecular flexibility index (Phi) is 6.27. The Hall–Kier alpha value is -3.69. The molecule has 0 radical (unpaired) electrons. The molecule has 1 fully saturated rings. The van der Waals surface area contributed by atoms with Gasteiger partial charge >= 0.3 is 5.91 Å². The maximum absolute atomic E-state index is 13.4. The number of amides is 1. The summed E-state index contributed by atoms with van der Waals surface area (Å²) in [6.45, 7) is 1.84. The lowest BCUT2D eigenvalue weighted by Gasteiger charge is -2.23. The molecular weight excluding hydrogens is 544 g/mol. The van der Waals surface area contributed by atoms with Crippen LogP contribution in [0, 0.1) is 6.92 Å². The number of carbonyl (C=O) groups is 2. The highest BCUT2D eigenvalue weighted by Gasteiger charge is 2.48. The molecular formula is C27H21BrN2O5S. The van der Waals surface area contributed by atoms with Gasteiger partial charge < -0.3 is 14.6 Å². The van der Waals surface area contributed by atoms with Crippen molar-refractivity contribution in [3.63, 3.8) is 0 Å². The Morgan fingerprint density at radius 3 is 2.44 bits per heavy atom. The summed E-state index contributed by atoms with van der Waals surface area (Å²) in [6.07, 6.45) is 0. The van der Waals surface area contributed by atoms with E-state index in [4.69, 9.17) is 9.47 Å². The molecule has 1 unspecified atom stereocenters. The maximum Gasteiger partial charge on any atom is 0.301 e. The molecule has 1 aliphatic heterocycles. The summed E-state index contributed by atoms with van der Waals surface area (Å²) in [5.74, 6) is -0.454. The van der Waals surface area contributed by atoms with E-state index in [-0.39, 0.29) is 11.3 Å². The third-order valence-electron chi connectivity index (χ3n) is 6.09. The number of hydrogen-bond donors (Lipinski definition) is 1. The zero-order valence-corrected chi connectivity index (χ0v) is 22.0. The lowest BCUT2D eigenvalue weighted by molar-refractivity contribution is -0.132. The number of aromatic nitrogens is 1. The summed E-state index contributed by atoms with van der Waals surface area (Å²) >= 11 is 4.71. The first-order valence-corrected chi connectivity index (χ1v) is 12.6. The van der Waals surface area contributed by atoms with E-state index in [0.717, 1.165) is 14.7 Å². The van der Waals surface area contributed by atoms with Crippen molar-refractivity contribution >= 4 is 60.1 Å². The van der Waals surface area contributed by atoms with E-state index in [1.54, 1.807) is 44.6 Å². The Bertz CT molecular complexity index is 1540. The first kappa shape index (κ1) is 24.0. The number of aryl methyl sites for hydroxylation is 1. The highest BCUT2D eigenvalue weighted by molar-refractivity contribution is 9.10. The fraction of sp³-hybridized carbons (Fsp3) is 0.148. The lowest BCUT2D eigenvalue weighted by atomic mass is 9.95. The van der Waals surface area contributed by atoms with Crippen molar-refractivity contribution in [2.24, 2.45) is 0 Å². The third kappa shape index (κ3) is 4.04.